The van der Waals surface area contributed by atoms with E-state index in [4.69, 9.17) is 4.74 Å². The predicted octanol–water partition coefficient (Wildman–Crippen LogP) is 2.60. The quantitative estimate of drug-likeness (QED) is 0.911. The Balaban J connectivity index is 1.67. The topological polar surface area (TPSA) is 63.2 Å². The highest BCUT2D eigenvalue weighted by Crippen LogP contribution is 2.21. The van der Waals surface area contributed by atoms with E-state index in [1.54, 1.807) is 36.7 Å². The van der Waals surface area contributed by atoms with E-state index in [2.05, 4.69) is 22.5 Å². The summed E-state index contributed by atoms with van der Waals surface area (Å²) in [4.78, 5) is 16.4. The molecule has 0 radical (unpaired) electrons. The van der Waals surface area contributed by atoms with Crippen molar-refractivity contribution in [2.24, 2.45) is 5.92 Å². The summed E-state index contributed by atoms with van der Waals surface area (Å²) in [5, 5.41) is 6.43. The average molecular weight is 311 g/mol. The third-order valence-corrected chi connectivity index (χ3v) is 4.13. The van der Waals surface area contributed by atoms with Gasteiger partial charge < -0.3 is 15.4 Å². The first kappa shape index (κ1) is 15.5. The van der Waals surface area contributed by atoms with Gasteiger partial charge in [-0.25, -0.2) is 0 Å². The molecular formula is C18H21N3O2. The summed E-state index contributed by atoms with van der Waals surface area (Å²) in [7, 11) is 0. The molecule has 1 aromatic carbocycles. The molecule has 0 bridgehead atoms. The van der Waals surface area contributed by atoms with Crippen molar-refractivity contribution < 1.29 is 9.53 Å². The Hall–Kier alpha value is -2.40. The summed E-state index contributed by atoms with van der Waals surface area (Å²) in [5.41, 5.74) is 0.606. The number of aromatic nitrogens is 1. The number of carbonyl (C=O) groups is 1. The molecule has 1 aliphatic heterocycles. The molecule has 1 amide bonds. The zero-order valence-electron chi connectivity index (χ0n) is 13.2. The van der Waals surface area contributed by atoms with E-state index in [9.17, 15) is 4.79 Å². The third kappa shape index (κ3) is 4.07. The highest BCUT2D eigenvalue weighted by atomic mass is 16.5. The smallest absolute Gasteiger partial charge is 0.251 e. The Morgan fingerprint density at radius 1 is 1.26 bits per heavy atom. The van der Waals surface area contributed by atoms with Crippen LogP contribution >= 0.6 is 0 Å². The maximum atomic E-state index is 12.5. The van der Waals surface area contributed by atoms with Gasteiger partial charge >= 0.3 is 0 Å². The van der Waals surface area contributed by atoms with Crippen molar-refractivity contribution in [3.05, 3.63) is 54.4 Å². The number of piperidine rings is 1. The Bertz CT molecular complexity index is 660. The van der Waals surface area contributed by atoms with E-state index in [-0.39, 0.29) is 11.9 Å². The second kappa shape index (κ2) is 7.24. The van der Waals surface area contributed by atoms with E-state index in [1.165, 1.54) is 0 Å². The van der Waals surface area contributed by atoms with Crippen LogP contribution in [0.4, 0.5) is 0 Å². The van der Waals surface area contributed by atoms with Crippen molar-refractivity contribution in [3.8, 4) is 11.5 Å². The Kier molecular flexibility index (Phi) is 4.88. The minimum absolute atomic E-state index is 0.0641. The fraction of sp³-hybridized carbons (Fsp3) is 0.333. The summed E-state index contributed by atoms with van der Waals surface area (Å²) in [6.45, 7) is 4.01. The van der Waals surface area contributed by atoms with Gasteiger partial charge in [-0.3, -0.25) is 9.78 Å². The third-order valence-electron chi connectivity index (χ3n) is 4.13. The average Bonchev–Trinajstić information content (AvgIpc) is 2.58. The number of nitrogens with zero attached hydrogens (tertiary/aromatic N) is 1. The summed E-state index contributed by atoms with van der Waals surface area (Å²) < 4.78 is 5.75. The molecule has 0 spiro atoms. The maximum absolute atomic E-state index is 12.5. The van der Waals surface area contributed by atoms with E-state index in [1.807, 2.05) is 12.1 Å². The van der Waals surface area contributed by atoms with Crippen molar-refractivity contribution in [1.29, 1.82) is 0 Å². The lowest BCUT2D eigenvalue weighted by Crippen LogP contribution is -2.50. The molecule has 120 valence electrons. The Labute approximate surface area is 136 Å². The van der Waals surface area contributed by atoms with Crippen LogP contribution in [0, 0.1) is 5.92 Å². The van der Waals surface area contributed by atoms with Crippen LogP contribution in [0.3, 0.4) is 0 Å². The number of hydrogen-bond acceptors (Lipinski definition) is 4. The summed E-state index contributed by atoms with van der Waals surface area (Å²) in [6, 6.07) is 11.0. The number of amides is 1. The summed E-state index contributed by atoms with van der Waals surface area (Å²) >= 11 is 0. The van der Waals surface area contributed by atoms with Crippen molar-refractivity contribution >= 4 is 5.91 Å². The molecule has 2 atom stereocenters. The zero-order valence-corrected chi connectivity index (χ0v) is 13.2. The molecule has 1 aromatic heterocycles. The summed E-state index contributed by atoms with van der Waals surface area (Å²) in [6.07, 6.45) is 4.42. The van der Waals surface area contributed by atoms with E-state index < -0.39 is 0 Å². The van der Waals surface area contributed by atoms with Crippen molar-refractivity contribution in [1.82, 2.24) is 15.6 Å². The van der Waals surface area contributed by atoms with Gasteiger partial charge in [0.05, 0.1) is 0 Å². The van der Waals surface area contributed by atoms with E-state index >= 15 is 0 Å². The monoisotopic (exact) mass is 311 g/mol. The van der Waals surface area contributed by atoms with Gasteiger partial charge in [0.15, 0.2) is 0 Å². The van der Waals surface area contributed by atoms with Crippen LogP contribution in [0.1, 0.15) is 23.7 Å². The molecule has 2 aromatic rings. The van der Waals surface area contributed by atoms with Crippen LogP contribution in [-0.2, 0) is 0 Å². The minimum Gasteiger partial charge on any atom is -0.457 e. The van der Waals surface area contributed by atoms with Crippen LogP contribution in [0.15, 0.2) is 48.8 Å². The van der Waals surface area contributed by atoms with Gasteiger partial charge in [0, 0.05) is 30.5 Å². The van der Waals surface area contributed by atoms with Crippen molar-refractivity contribution in [2.75, 3.05) is 13.1 Å². The Morgan fingerprint density at radius 3 is 2.87 bits per heavy atom. The van der Waals surface area contributed by atoms with Crippen LogP contribution in [0.25, 0.3) is 0 Å². The number of nitrogens with one attached hydrogen (secondary N) is 2. The number of ether oxygens (including phenoxy) is 1. The zero-order chi connectivity index (χ0) is 16.1. The molecule has 0 saturated carbocycles. The molecule has 3 rings (SSSR count). The fourth-order valence-corrected chi connectivity index (χ4v) is 2.68. The second-order valence-corrected chi connectivity index (χ2v) is 5.86. The molecule has 1 fully saturated rings. The van der Waals surface area contributed by atoms with Crippen LogP contribution in [-0.4, -0.2) is 30.0 Å². The molecular weight excluding hydrogens is 290 g/mol. The maximum Gasteiger partial charge on any atom is 0.251 e. The first-order chi connectivity index (χ1) is 11.2. The van der Waals surface area contributed by atoms with Crippen LogP contribution in [0.2, 0.25) is 0 Å². The molecule has 5 nitrogen and oxygen atoms in total. The van der Waals surface area contributed by atoms with Gasteiger partial charge in [-0.05, 0) is 49.2 Å². The normalized spacial score (nSPS) is 20.7. The van der Waals surface area contributed by atoms with Gasteiger partial charge in [0.2, 0.25) is 0 Å². The molecule has 1 saturated heterocycles. The predicted molar refractivity (Wildman–Crippen MR) is 88.7 cm³/mol. The number of rotatable bonds is 4. The molecule has 2 unspecified atom stereocenters. The first-order valence-electron chi connectivity index (χ1n) is 7.92. The first-order valence-corrected chi connectivity index (χ1v) is 7.92. The van der Waals surface area contributed by atoms with Gasteiger partial charge in [0.25, 0.3) is 5.91 Å². The molecule has 5 heteroatoms. The van der Waals surface area contributed by atoms with Crippen LogP contribution < -0.4 is 15.4 Å². The lowest BCUT2D eigenvalue weighted by molar-refractivity contribution is 0.0915. The van der Waals surface area contributed by atoms with Crippen LogP contribution in [0.5, 0.6) is 11.5 Å². The molecule has 23 heavy (non-hydrogen) atoms. The van der Waals surface area contributed by atoms with Gasteiger partial charge in [-0.15, -0.1) is 0 Å². The standard InChI is InChI=1S/C18H21N3O2/c1-13-5-8-20-12-17(13)21-18(22)14-3-2-4-16(11-14)23-15-6-9-19-10-7-15/h2-4,6-7,9-11,13,17,20H,5,8,12H2,1H3,(H,21,22). The van der Waals surface area contributed by atoms with E-state index in [0.29, 0.717) is 23.0 Å². The molecule has 2 N–H and O–H groups in total. The number of pyridine rings is 1. The lowest BCUT2D eigenvalue weighted by Gasteiger charge is -2.30. The summed E-state index contributed by atoms with van der Waals surface area (Å²) in [5.74, 6) is 1.75. The van der Waals surface area contributed by atoms with Crippen molar-refractivity contribution in [2.45, 2.75) is 19.4 Å². The fourth-order valence-electron chi connectivity index (χ4n) is 2.68. The lowest BCUT2D eigenvalue weighted by atomic mass is 9.94. The molecule has 1 aliphatic rings. The largest absolute Gasteiger partial charge is 0.457 e. The van der Waals surface area contributed by atoms with Crippen molar-refractivity contribution in [3.63, 3.8) is 0 Å². The molecule has 0 aliphatic carbocycles. The van der Waals surface area contributed by atoms with E-state index in [0.717, 1.165) is 19.5 Å². The van der Waals surface area contributed by atoms with Gasteiger partial charge in [-0.1, -0.05) is 13.0 Å². The Morgan fingerprint density at radius 2 is 2.09 bits per heavy atom. The van der Waals surface area contributed by atoms with Gasteiger partial charge in [0.1, 0.15) is 11.5 Å². The number of hydrogen-bond donors (Lipinski definition) is 2. The second-order valence-electron chi connectivity index (χ2n) is 5.86. The number of benzene rings is 1. The molecule has 2 heterocycles. The SMILES string of the molecule is CC1CCNCC1NC(=O)c1cccc(Oc2ccncc2)c1. The minimum atomic E-state index is -0.0641. The number of carbonyl (C=O) groups excluding carboxylic acids is 1. The highest BCUT2D eigenvalue weighted by Gasteiger charge is 2.23. The van der Waals surface area contributed by atoms with Gasteiger partial charge in [-0.2, -0.15) is 0 Å². The highest BCUT2D eigenvalue weighted by molar-refractivity contribution is 5.94.